The molecule has 0 radical (unpaired) electrons. The lowest BCUT2D eigenvalue weighted by atomic mass is 10.0. The van der Waals surface area contributed by atoms with Crippen molar-refractivity contribution >= 4 is 33.1 Å². The molecule has 15 atom stereocenters. The Kier molecular flexibility index (Phi) is 19.4. The van der Waals surface area contributed by atoms with Crippen molar-refractivity contribution < 1.29 is 14.2 Å². The SMILES string of the molecule is CC(C)n1nc(-c2cnc3cnn([C@@H](C)c4ccccn4)c3c2)cc1C1[C@H]2CC(N3CCOCC3)C[C@@H]12.CC(C)n1nc(-c2cnc3cnn([C@H](C)c4ccccn4)c3c2)cc1C1[C@H]2CC(N3CCOCC3)C[C@@H]12.CC(C)n1nc(-c2cnc3cnn([C@H](C)c4ccccn4)c3c2)cc1C1[C@H]2CC(N3CCOCC3)C[C@@H]12. The molecule has 15 heterocycles. The van der Waals surface area contributed by atoms with Crippen LogP contribution < -0.4 is 0 Å². The van der Waals surface area contributed by atoms with Crippen LogP contribution >= 0.6 is 0 Å². The fraction of sp³-hybridized carbons (Fsp3) is 0.517. The summed E-state index contributed by atoms with van der Waals surface area (Å²) in [7, 11) is 0. The molecule has 24 nitrogen and oxygen atoms in total. The highest BCUT2D eigenvalue weighted by Gasteiger charge is 2.61. The maximum Gasteiger partial charge on any atom is 0.108 e. The molecule has 21 rings (SSSR count). The first-order chi connectivity index (χ1) is 54.2. The van der Waals surface area contributed by atoms with Gasteiger partial charge in [0.15, 0.2) is 0 Å². The Morgan fingerprint density at radius 1 is 0.315 bits per heavy atom. The summed E-state index contributed by atoms with van der Waals surface area (Å²) in [6.07, 6.45) is 24.7. The molecule has 12 aromatic rings. The van der Waals surface area contributed by atoms with E-state index in [2.05, 4.69) is 158 Å². The molecule has 576 valence electrons. The molecule has 3 saturated heterocycles. The predicted octanol–water partition coefficient (Wildman–Crippen LogP) is 14.1. The highest BCUT2D eigenvalue weighted by atomic mass is 16.5. The van der Waals surface area contributed by atoms with Crippen molar-refractivity contribution in [3.05, 3.63) is 181 Å². The second-order valence-corrected chi connectivity index (χ2v) is 33.8. The molecular formula is C87H105N21O3. The van der Waals surface area contributed by atoms with Crippen LogP contribution in [0, 0.1) is 35.5 Å². The highest BCUT2D eigenvalue weighted by molar-refractivity contribution is 5.82. The van der Waals surface area contributed by atoms with Gasteiger partial charge < -0.3 is 14.2 Å². The van der Waals surface area contributed by atoms with E-state index in [1.807, 2.05) is 124 Å². The Bertz CT molecular complexity index is 4690. The van der Waals surface area contributed by atoms with Crippen LogP contribution in [0.3, 0.4) is 0 Å². The minimum Gasteiger partial charge on any atom is -0.379 e. The van der Waals surface area contributed by atoms with E-state index in [-0.39, 0.29) is 18.1 Å². The third-order valence-electron chi connectivity index (χ3n) is 26.4. The van der Waals surface area contributed by atoms with Crippen molar-refractivity contribution in [2.75, 3.05) is 78.9 Å². The summed E-state index contributed by atoms with van der Waals surface area (Å²) in [4.78, 5) is 35.8. The highest BCUT2D eigenvalue weighted by Crippen LogP contribution is 2.67. The van der Waals surface area contributed by atoms with Crippen LogP contribution in [0.2, 0.25) is 0 Å². The van der Waals surface area contributed by atoms with Gasteiger partial charge in [0, 0.05) is 164 Å². The van der Waals surface area contributed by atoms with Crippen LogP contribution in [-0.4, -0.2) is 200 Å². The van der Waals surface area contributed by atoms with Crippen molar-refractivity contribution in [2.45, 2.75) is 173 Å². The van der Waals surface area contributed by atoms with Crippen molar-refractivity contribution in [3.8, 4) is 33.8 Å². The molecule has 6 saturated carbocycles. The first-order valence-corrected chi connectivity index (χ1v) is 41.2. The van der Waals surface area contributed by atoms with E-state index in [9.17, 15) is 0 Å². The number of pyridine rings is 6. The standard InChI is InChI=1S/3C29H35N7O/c3*1-18(2)35-28(29-22-13-21(14-23(22)29)34-8-10-37-11-9-34)15-25(33-35)20-12-27-26(31-16-20)17-32-36(27)19(3)24-6-4-5-7-30-24/h3*4-7,12,15-19,21-23,29H,8-11,13-14H2,1-3H3/t3*19-,21?,22-,23+,29?/m110/s1. The first kappa shape index (κ1) is 72.0. The molecule has 0 spiro atoms. The fourth-order valence-electron chi connectivity index (χ4n) is 20.5. The second-order valence-electron chi connectivity index (χ2n) is 33.8. The Balaban J connectivity index is 0.000000112. The number of aromatic nitrogens is 18. The summed E-state index contributed by atoms with van der Waals surface area (Å²) >= 11 is 0. The van der Waals surface area contributed by atoms with E-state index in [0.29, 0.717) is 35.9 Å². The molecule has 6 aliphatic carbocycles. The van der Waals surface area contributed by atoms with Gasteiger partial charge >= 0.3 is 0 Å². The fourth-order valence-corrected chi connectivity index (χ4v) is 20.5. The summed E-state index contributed by atoms with van der Waals surface area (Å²) in [5.41, 5.74) is 19.0. The second kappa shape index (κ2) is 30.0. The zero-order valence-electron chi connectivity index (χ0n) is 65.6. The van der Waals surface area contributed by atoms with Gasteiger partial charge in [0.05, 0.1) is 127 Å². The van der Waals surface area contributed by atoms with E-state index in [4.69, 9.17) is 44.5 Å². The van der Waals surface area contributed by atoms with Crippen molar-refractivity contribution in [3.63, 3.8) is 0 Å². The first-order valence-electron chi connectivity index (χ1n) is 41.2. The van der Waals surface area contributed by atoms with Gasteiger partial charge in [0.25, 0.3) is 0 Å². The van der Waals surface area contributed by atoms with Gasteiger partial charge in [-0.2, -0.15) is 30.6 Å². The molecule has 0 N–H and O–H groups in total. The summed E-state index contributed by atoms with van der Waals surface area (Å²) in [5, 5.41) is 29.3. The molecule has 9 aliphatic rings. The molecule has 12 aromatic heterocycles. The quantitative estimate of drug-likeness (QED) is 0.0779. The monoisotopic (exact) mass is 1490 g/mol. The number of fused-ring (bicyclic) bond motifs is 6. The van der Waals surface area contributed by atoms with Gasteiger partial charge in [-0.3, -0.25) is 72.7 Å². The number of nitrogens with zero attached hydrogens (tertiary/aromatic N) is 21. The van der Waals surface area contributed by atoms with E-state index in [0.717, 1.165) is 216 Å². The molecule has 9 fully saturated rings. The van der Waals surface area contributed by atoms with E-state index < -0.39 is 0 Å². The lowest BCUT2D eigenvalue weighted by molar-refractivity contribution is 0.0151. The van der Waals surface area contributed by atoms with E-state index in [1.54, 1.807) is 0 Å². The predicted molar refractivity (Wildman–Crippen MR) is 427 cm³/mol. The van der Waals surface area contributed by atoms with E-state index >= 15 is 0 Å². The van der Waals surface area contributed by atoms with Crippen LogP contribution in [0.4, 0.5) is 0 Å². The Morgan fingerprint density at radius 2 is 0.586 bits per heavy atom. The third-order valence-corrected chi connectivity index (χ3v) is 26.4. The van der Waals surface area contributed by atoms with Crippen LogP contribution in [0.5, 0.6) is 0 Å². The maximum absolute atomic E-state index is 5.57. The van der Waals surface area contributed by atoms with Crippen molar-refractivity contribution in [1.82, 2.24) is 103 Å². The van der Waals surface area contributed by atoms with Gasteiger partial charge in [-0.1, -0.05) is 18.2 Å². The molecular weight excluding hydrogens is 1390 g/mol. The average Bonchev–Trinajstić information content (AvgIpc) is 1.56. The van der Waals surface area contributed by atoms with Gasteiger partial charge in [-0.15, -0.1) is 0 Å². The summed E-state index contributed by atoms with van der Waals surface area (Å²) in [5.74, 6) is 6.62. The third kappa shape index (κ3) is 13.8. The molecule has 0 aromatic carbocycles. The van der Waals surface area contributed by atoms with Crippen LogP contribution in [0.1, 0.15) is 189 Å². The maximum atomic E-state index is 5.57. The molecule has 6 unspecified atom stereocenters. The molecule has 0 bridgehead atoms. The number of hydrogen-bond acceptors (Lipinski definition) is 18. The largest absolute Gasteiger partial charge is 0.379 e. The van der Waals surface area contributed by atoms with Crippen LogP contribution in [-0.2, 0) is 14.2 Å². The summed E-state index contributed by atoms with van der Waals surface area (Å²) in [6, 6.07) is 34.8. The Hall–Kier alpha value is -9.30. The van der Waals surface area contributed by atoms with Crippen molar-refractivity contribution in [2.24, 2.45) is 35.5 Å². The van der Waals surface area contributed by atoms with Gasteiger partial charge in [-0.05, 0) is 209 Å². The van der Waals surface area contributed by atoms with Crippen LogP contribution in [0.25, 0.3) is 66.9 Å². The summed E-state index contributed by atoms with van der Waals surface area (Å²) in [6.45, 7) is 31.7. The zero-order chi connectivity index (χ0) is 75.3. The van der Waals surface area contributed by atoms with Gasteiger partial charge in [0.1, 0.15) is 16.6 Å². The van der Waals surface area contributed by atoms with Gasteiger partial charge in [0.2, 0.25) is 0 Å². The number of ether oxygens (including phenoxy) is 3. The average molecular weight is 1490 g/mol. The minimum absolute atomic E-state index is 0.0183. The number of hydrogen-bond donors (Lipinski definition) is 0. The minimum atomic E-state index is 0.0183. The lowest BCUT2D eigenvalue weighted by Crippen LogP contribution is -2.43. The normalized spacial score (nSPS) is 26.6. The summed E-state index contributed by atoms with van der Waals surface area (Å²) < 4.78 is 29.6. The Labute approximate surface area is 649 Å². The zero-order valence-corrected chi connectivity index (χ0v) is 65.6. The topological polar surface area (TPSA) is 222 Å². The number of rotatable bonds is 18. The van der Waals surface area contributed by atoms with E-state index in [1.165, 1.54) is 55.6 Å². The molecule has 24 heteroatoms. The molecule has 111 heavy (non-hydrogen) atoms. The Morgan fingerprint density at radius 3 is 0.829 bits per heavy atom. The molecule has 3 aliphatic heterocycles. The number of morpholine rings is 3. The van der Waals surface area contributed by atoms with Crippen LogP contribution in [0.15, 0.2) is 147 Å². The smallest absolute Gasteiger partial charge is 0.108 e. The van der Waals surface area contributed by atoms with Gasteiger partial charge in [-0.25, -0.2) is 0 Å². The van der Waals surface area contributed by atoms with Crippen molar-refractivity contribution in [1.29, 1.82) is 0 Å². The lowest BCUT2D eigenvalue weighted by Gasteiger charge is -2.33. The molecule has 0 amide bonds.